The normalized spacial score (nSPS) is 11.1. The summed E-state index contributed by atoms with van der Waals surface area (Å²) in [4.78, 5) is 11.2. The van der Waals surface area contributed by atoms with E-state index in [1.54, 1.807) is 24.3 Å². The molecule has 4 nitrogen and oxygen atoms in total. The average Bonchev–Trinajstić information content (AvgIpc) is 3.14. The van der Waals surface area contributed by atoms with Crippen molar-refractivity contribution < 1.29 is 9.90 Å². The van der Waals surface area contributed by atoms with Crippen molar-refractivity contribution in [2.45, 2.75) is 0 Å². The number of aromatic carboxylic acids is 1. The Kier molecular flexibility index (Phi) is 3.69. The van der Waals surface area contributed by atoms with Crippen LogP contribution in [-0.4, -0.2) is 20.9 Å². The van der Waals surface area contributed by atoms with Crippen molar-refractivity contribution in [3.63, 3.8) is 0 Å². The zero-order valence-corrected chi connectivity index (χ0v) is 14.9. The van der Waals surface area contributed by atoms with Crippen molar-refractivity contribution in [3.8, 4) is 16.9 Å². The van der Waals surface area contributed by atoms with Gasteiger partial charge in [-0.25, -0.2) is 9.48 Å². The summed E-state index contributed by atoms with van der Waals surface area (Å²) >= 11 is 0. The predicted octanol–water partition coefficient (Wildman–Crippen LogP) is 5.54. The van der Waals surface area contributed by atoms with Gasteiger partial charge < -0.3 is 5.11 Å². The number of rotatable bonds is 3. The third-order valence-corrected chi connectivity index (χ3v) is 4.97. The summed E-state index contributed by atoms with van der Waals surface area (Å²) in [5.74, 6) is -0.938. The summed E-state index contributed by atoms with van der Waals surface area (Å²) in [6.45, 7) is 0. The topological polar surface area (TPSA) is 55.1 Å². The second kappa shape index (κ2) is 6.35. The van der Waals surface area contributed by atoms with Crippen LogP contribution in [0.4, 0.5) is 0 Å². The van der Waals surface area contributed by atoms with Crippen LogP contribution in [0, 0.1) is 0 Å². The highest BCUT2D eigenvalue weighted by atomic mass is 16.4. The first kappa shape index (κ1) is 16.3. The van der Waals surface area contributed by atoms with Gasteiger partial charge in [0.1, 0.15) is 5.69 Å². The molecule has 0 saturated carbocycles. The molecular weight excluding hydrogens is 348 g/mol. The first-order valence-corrected chi connectivity index (χ1v) is 9.02. The Bertz CT molecular complexity index is 1320. The quantitative estimate of drug-likeness (QED) is 0.457. The van der Waals surface area contributed by atoms with Gasteiger partial charge in [-0.15, -0.1) is 0 Å². The molecule has 0 saturated heterocycles. The highest BCUT2D eigenvalue weighted by Gasteiger charge is 2.16. The second-order valence-electron chi connectivity index (χ2n) is 6.66. The molecule has 4 heteroatoms. The molecule has 1 heterocycles. The number of carbonyl (C=O) groups is 1. The molecule has 0 radical (unpaired) electrons. The van der Waals surface area contributed by atoms with Crippen LogP contribution in [0.25, 0.3) is 38.6 Å². The number of fused-ring (bicyclic) bond motifs is 3. The van der Waals surface area contributed by atoms with Gasteiger partial charge in [0.15, 0.2) is 0 Å². The van der Waals surface area contributed by atoms with E-state index in [0.29, 0.717) is 0 Å². The molecule has 28 heavy (non-hydrogen) atoms. The lowest BCUT2D eigenvalue weighted by molar-refractivity contribution is 0.0697. The molecule has 4 aromatic carbocycles. The molecule has 0 amide bonds. The zero-order valence-electron chi connectivity index (χ0n) is 14.9. The Morgan fingerprint density at radius 2 is 1.46 bits per heavy atom. The second-order valence-corrected chi connectivity index (χ2v) is 6.66. The fourth-order valence-electron chi connectivity index (χ4n) is 3.62. The Morgan fingerprint density at radius 1 is 0.750 bits per heavy atom. The monoisotopic (exact) mass is 364 g/mol. The van der Waals surface area contributed by atoms with Gasteiger partial charge in [0.2, 0.25) is 0 Å². The Labute approximate surface area is 161 Å². The molecule has 0 spiro atoms. The van der Waals surface area contributed by atoms with Gasteiger partial charge in [-0.05, 0) is 35.7 Å². The minimum Gasteiger partial charge on any atom is -0.478 e. The lowest BCUT2D eigenvalue weighted by Gasteiger charge is -2.06. The van der Waals surface area contributed by atoms with Crippen LogP contribution in [0.5, 0.6) is 0 Å². The highest BCUT2D eigenvalue weighted by molar-refractivity contribution is 6.10. The molecular formula is C24H16N2O2. The van der Waals surface area contributed by atoms with Crippen molar-refractivity contribution in [2.75, 3.05) is 0 Å². The van der Waals surface area contributed by atoms with Crippen LogP contribution in [-0.2, 0) is 0 Å². The molecule has 0 bridgehead atoms. The molecule has 5 rings (SSSR count). The molecule has 5 aromatic rings. The van der Waals surface area contributed by atoms with Crippen LogP contribution in [0.15, 0.2) is 91.0 Å². The molecule has 0 aliphatic carbocycles. The highest BCUT2D eigenvalue weighted by Crippen LogP contribution is 2.34. The fraction of sp³-hybridized carbons (Fsp3) is 0. The van der Waals surface area contributed by atoms with Crippen molar-refractivity contribution in [1.29, 1.82) is 0 Å². The van der Waals surface area contributed by atoms with E-state index in [2.05, 4.69) is 36.4 Å². The summed E-state index contributed by atoms with van der Waals surface area (Å²) in [7, 11) is 0. The lowest BCUT2D eigenvalue weighted by Crippen LogP contribution is -2.00. The van der Waals surface area contributed by atoms with Crippen molar-refractivity contribution in [3.05, 3.63) is 96.6 Å². The molecule has 1 N–H and O–H groups in total. The van der Waals surface area contributed by atoms with E-state index in [9.17, 15) is 9.90 Å². The van der Waals surface area contributed by atoms with Gasteiger partial charge in [0, 0.05) is 16.3 Å². The van der Waals surface area contributed by atoms with E-state index >= 15 is 0 Å². The summed E-state index contributed by atoms with van der Waals surface area (Å²) in [5.41, 5.74) is 4.05. The van der Waals surface area contributed by atoms with E-state index in [4.69, 9.17) is 5.10 Å². The first-order chi connectivity index (χ1) is 13.7. The van der Waals surface area contributed by atoms with E-state index in [1.165, 1.54) is 0 Å². The molecule has 0 aliphatic rings. The summed E-state index contributed by atoms with van der Waals surface area (Å²) in [5, 5.41) is 17.4. The van der Waals surface area contributed by atoms with Crippen LogP contribution in [0.2, 0.25) is 0 Å². The third kappa shape index (κ3) is 2.55. The minimum atomic E-state index is -0.938. The van der Waals surface area contributed by atoms with Crippen molar-refractivity contribution in [2.24, 2.45) is 0 Å². The Morgan fingerprint density at radius 3 is 2.21 bits per heavy atom. The number of benzene rings is 4. The standard InChI is InChI=1S/C24H16N2O2/c27-24(28)18-10-13-19(14-11-18)26-23-20-9-5-4-6-16(20)12-15-21(23)22(25-26)17-7-2-1-3-8-17/h1-15H,(H,27,28). The molecule has 134 valence electrons. The SMILES string of the molecule is O=C(O)c1ccc(-n2nc(-c3ccccc3)c3ccc4ccccc4c32)cc1. The third-order valence-electron chi connectivity index (χ3n) is 4.97. The van der Waals surface area contributed by atoms with Crippen molar-refractivity contribution >= 4 is 27.6 Å². The summed E-state index contributed by atoms with van der Waals surface area (Å²) < 4.78 is 1.91. The van der Waals surface area contributed by atoms with Crippen LogP contribution in [0.3, 0.4) is 0 Å². The van der Waals surface area contributed by atoms with E-state index < -0.39 is 5.97 Å². The van der Waals surface area contributed by atoms with Crippen molar-refractivity contribution in [1.82, 2.24) is 9.78 Å². The lowest BCUT2D eigenvalue weighted by atomic mass is 10.0. The molecule has 0 aliphatic heterocycles. The Balaban J connectivity index is 1.85. The summed E-state index contributed by atoms with van der Waals surface area (Å²) in [6.07, 6.45) is 0. The molecule has 1 aromatic heterocycles. The number of nitrogens with zero attached hydrogens (tertiary/aromatic N) is 2. The van der Waals surface area contributed by atoms with Gasteiger partial charge in [-0.3, -0.25) is 0 Å². The largest absolute Gasteiger partial charge is 0.478 e. The van der Waals surface area contributed by atoms with Gasteiger partial charge >= 0.3 is 5.97 Å². The van der Waals surface area contributed by atoms with E-state index in [-0.39, 0.29) is 5.56 Å². The average molecular weight is 364 g/mol. The number of carboxylic acid groups (broad SMARTS) is 1. The maximum Gasteiger partial charge on any atom is 0.335 e. The van der Waals surface area contributed by atoms with E-state index in [1.807, 2.05) is 35.0 Å². The van der Waals surface area contributed by atoms with Gasteiger partial charge in [0.25, 0.3) is 0 Å². The first-order valence-electron chi connectivity index (χ1n) is 9.02. The maximum atomic E-state index is 11.2. The number of hydrogen-bond donors (Lipinski definition) is 1. The van der Waals surface area contributed by atoms with E-state index in [0.717, 1.165) is 38.6 Å². The predicted molar refractivity (Wildman–Crippen MR) is 111 cm³/mol. The molecule has 0 atom stereocenters. The van der Waals surface area contributed by atoms with Crippen LogP contribution < -0.4 is 0 Å². The number of carboxylic acids is 1. The fourth-order valence-corrected chi connectivity index (χ4v) is 3.62. The number of hydrogen-bond acceptors (Lipinski definition) is 2. The molecule has 0 fully saturated rings. The summed E-state index contributed by atoms with van der Waals surface area (Å²) in [6, 6.07) is 29.4. The van der Waals surface area contributed by atoms with Gasteiger partial charge in [0.05, 0.1) is 16.8 Å². The Hall–Kier alpha value is -3.92. The van der Waals surface area contributed by atoms with Crippen LogP contribution >= 0.6 is 0 Å². The smallest absolute Gasteiger partial charge is 0.335 e. The zero-order chi connectivity index (χ0) is 19.1. The molecule has 0 unspecified atom stereocenters. The maximum absolute atomic E-state index is 11.2. The van der Waals surface area contributed by atoms with Gasteiger partial charge in [-0.1, -0.05) is 60.7 Å². The number of aromatic nitrogens is 2. The van der Waals surface area contributed by atoms with Gasteiger partial charge in [-0.2, -0.15) is 5.10 Å². The van der Waals surface area contributed by atoms with Crippen LogP contribution in [0.1, 0.15) is 10.4 Å². The minimum absolute atomic E-state index is 0.258.